The Hall–Kier alpha value is -5.31. The van der Waals surface area contributed by atoms with Gasteiger partial charge in [0.15, 0.2) is 0 Å². The van der Waals surface area contributed by atoms with Crippen molar-refractivity contribution in [3.8, 4) is 11.1 Å². The summed E-state index contributed by atoms with van der Waals surface area (Å²) in [7, 11) is 0. The topological polar surface area (TPSA) is 102 Å². The number of hydrogen-bond donors (Lipinski definition) is 3. The molecule has 4 aromatic carbocycles. The Balaban J connectivity index is 1.41. The summed E-state index contributed by atoms with van der Waals surface area (Å²) in [5.41, 5.74) is 3.84. The number of fused-ring (bicyclic) bond motifs is 1. The molecule has 0 aliphatic rings. The van der Waals surface area contributed by atoms with Crippen LogP contribution in [0, 0.1) is 11.6 Å². The lowest BCUT2D eigenvalue weighted by Gasteiger charge is -2.24. The van der Waals surface area contributed by atoms with E-state index >= 15 is 0 Å². The van der Waals surface area contributed by atoms with Gasteiger partial charge in [0.05, 0.1) is 6.42 Å². The molecule has 0 saturated carbocycles. The number of nitrogens with zero attached hydrogens (tertiary/aromatic N) is 1. The lowest BCUT2D eigenvalue weighted by Crippen LogP contribution is -2.35. The van der Waals surface area contributed by atoms with Crippen molar-refractivity contribution >= 4 is 28.7 Å². The molecule has 7 nitrogen and oxygen atoms in total. The van der Waals surface area contributed by atoms with E-state index in [1.54, 1.807) is 48.5 Å². The van der Waals surface area contributed by atoms with E-state index in [1.165, 1.54) is 4.90 Å². The number of halogens is 2. The summed E-state index contributed by atoms with van der Waals surface area (Å²) in [5, 5.41) is 13.1. The molecule has 5 aromatic rings. The van der Waals surface area contributed by atoms with Crippen LogP contribution in [-0.2, 0) is 17.8 Å². The van der Waals surface area contributed by atoms with Crippen LogP contribution < -0.4 is 5.32 Å². The Labute approximate surface area is 246 Å². The zero-order valence-corrected chi connectivity index (χ0v) is 23.1. The smallest absolute Gasteiger partial charge is 0.305 e. The van der Waals surface area contributed by atoms with Crippen molar-refractivity contribution in [2.45, 2.75) is 19.4 Å². The van der Waals surface area contributed by atoms with Crippen LogP contribution >= 0.6 is 0 Å². The molecule has 0 fully saturated rings. The number of carbonyl (C=O) groups excluding carboxylic acids is 2. The van der Waals surface area contributed by atoms with Crippen LogP contribution in [0.1, 0.15) is 38.3 Å². The van der Waals surface area contributed by atoms with Gasteiger partial charge in [-0.3, -0.25) is 14.4 Å². The highest BCUT2D eigenvalue weighted by atomic mass is 19.1. The van der Waals surface area contributed by atoms with Crippen molar-refractivity contribution in [2.24, 2.45) is 0 Å². The van der Waals surface area contributed by atoms with Gasteiger partial charge in [-0.2, -0.15) is 0 Å². The summed E-state index contributed by atoms with van der Waals surface area (Å²) >= 11 is 0. The second-order valence-electron chi connectivity index (χ2n) is 10.1. The second kappa shape index (κ2) is 13.1. The minimum absolute atomic E-state index is 0.0111. The second-order valence-corrected chi connectivity index (χ2v) is 10.1. The molecular formula is C34H29F2N3O4. The monoisotopic (exact) mass is 581 g/mol. The van der Waals surface area contributed by atoms with E-state index < -0.39 is 23.5 Å². The van der Waals surface area contributed by atoms with Gasteiger partial charge in [-0.15, -0.1) is 0 Å². The van der Waals surface area contributed by atoms with Crippen molar-refractivity contribution < 1.29 is 28.3 Å². The van der Waals surface area contributed by atoms with Gasteiger partial charge in [-0.1, -0.05) is 54.6 Å². The Bertz CT molecular complexity index is 1780. The standard InChI is InChI=1S/C34H29F2N3O4/c35-24-17-22(18-25(36)19-24)20-38-33(42)29-10-3-1-8-27(29)28-9-2-4-11-30(28)34(43)39(16-14-32(40)41)15-13-23-21-37-31-12-6-5-7-26(23)31/h1-12,17-19,21,37H,13-16,20H2,(H,38,42)(H,40,41). The fourth-order valence-corrected chi connectivity index (χ4v) is 5.12. The van der Waals surface area contributed by atoms with Crippen LogP contribution in [0.25, 0.3) is 22.0 Å². The van der Waals surface area contributed by atoms with Gasteiger partial charge >= 0.3 is 5.97 Å². The van der Waals surface area contributed by atoms with Gasteiger partial charge in [0.25, 0.3) is 11.8 Å². The van der Waals surface area contributed by atoms with Crippen LogP contribution in [0.2, 0.25) is 0 Å². The van der Waals surface area contributed by atoms with E-state index in [4.69, 9.17) is 0 Å². The normalized spacial score (nSPS) is 10.9. The molecular weight excluding hydrogens is 552 g/mol. The molecule has 0 aliphatic carbocycles. The predicted molar refractivity (Wildman–Crippen MR) is 160 cm³/mol. The number of carboxylic acids is 1. The summed E-state index contributed by atoms with van der Waals surface area (Å²) in [5.74, 6) is -3.34. The Kier molecular flexibility index (Phi) is 8.90. The molecule has 1 aromatic heterocycles. The average molecular weight is 582 g/mol. The van der Waals surface area contributed by atoms with Crippen LogP contribution in [-0.4, -0.2) is 45.9 Å². The first-order valence-electron chi connectivity index (χ1n) is 13.8. The van der Waals surface area contributed by atoms with E-state index in [0.717, 1.165) is 34.7 Å². The molecule has 0 bridgehead atoms. The summed E-state index contributed by atoms with van der Waals surface area (Å²) in [4.78, 5) is 43.4. The SMILES string of the molecule is O=C(O)CCN(CCc1c[nH]c2ccccc12)C(=O)c1ccccc1-c1ccccc1C(=O)NCc1cc(F)cc(F)c1. The van der Waals surface area contributed by atoms with E-state index in [1.807, 2.05) is 30.5 Å². The third-order valence-electron chi connectivity index (χ3n) is 7.20. The third kappa shape index (κ3) is 6.95. The minimum Gasteiger partial charge on any atom is -0.481 e. The van der Waals surface area contributed by atoms with Gasteiger partial charge in [0.2, 0.25) is 0 Å². The van der Waals surface area contributed by atoms with Crippen LogP contribution in [0.4, 0.5) is 8.78 Å². The number of H-pyrrole nitrogens is 1. The molecule has 1 heterocycles. The van der Waals surface area contributed by atoms with Gasteiger partial charge < -0.3 is 20.3 Å². The predicted octanol–water partition coefficient (Wildman–Crippen LogP) is 6.20. The summed E-state index contributed by atoms with van der Waals surface area (Å²) in [6.07, 6.45) is 2.18. The fraction of sp³-hybridized carbons (Fsp3) is 0.147. The third-order valence-corrected chi connectivity index (χ3v) is 7.20. The van der Waals surface area contributed by atoms with E-state index in [9.17, 15) is 28.3 Å². The maximum atomic E-state index is 14.0. The first-order valence-corrected chi connectivity index (χ1v) is 13.8. The molecule has 9 heteroatoms. The van der Waals surface area contributed by atoms with Gasteiger partial charge in [0, 0.05) is 53.9 Å². The van der Waals surface area contributed by atoms with E-state index in [-0.39, 0.29) is 43.1 Å². The first kappa shape index (κ1) is 29.2. The highest BCUT2D eigenvalue weighted by molar-refractivity contribution is 6.06. The van der Waals surface area contributed by atoms with Crippen molar-refractivity contribution in [1.82, 2.24) is 15.2 Å². The highest BCUT2D eigenvalue weighted by Gasteiger charge is 2.23. The number of amides is 2. The molecule has 218 valence electrons. The Morgan fingerprint density at radius 2 is 1.42 bits per heavy atom. The molecule has 0 unspecified atom stereocenters. The number of carboxylic acid groups (broad SMARTS) is 1. The van der Waals surface area contributed by atoms with Gasteiger partial charge in [-0.05, 0) is 59.0 Å². The maximum absolute atomic E-state index is 14.0. The van der Waals surface area contributed by atoms with E-state index in [0.29, 0.717) is 23.1 Å². The molecule has 0 spiro atoms. The van der Waals surface area contributed by atoms with Gasteiger partial charge in [-0.25, -0.2) is 8.78 Å². The van der Waals surface area contributed by atoms with Crippen molar-refractivity contribution in [2.75, 3.05) is 13.1 Å². The van der Waals surface area contributed by atoms with Crippen LogP contribution in [0.15, 0.2) is 97.2 Å². The molecule has 2 amide bonds. The summed E-state index contributed by atoms with van der Waals surface area (Å²) < 4.78 is 27.3. The van der Waals surface area contributed by atoms with Crippen molar-refractivity contribution in [1.29, 1.82) is 0 Å². The van der Waals surface area contributed by atoms with Crippen LogP contribution in [0.5, 0.6) is 0 Å². The molecule has 43 heavy (non-hydrogen) atoms. The number of aliphatic carboxylic acids is 1. The Morgan fingerprint density at radius 1 is 0.791 bits per heavy atom. The lowest BCUT2D eigenvalue weighted by molar-refractivity contribution is -0.137. The zero-order valence-electron chi connectivity index (χ0n) is 23.1. The lowest BCUT2D eigenvalue weighted by atomic mass is 9.94. The van der Waals surface area contributed by atoms with Gasteiger partial charge in [0.1, 0.15) is 11.6 Å². The molecule has 0 aliphatic heterocycles. The number of aromatic amines is 1. The molecule has 5 rings (SSSR count). The summed E-state index contributed by atoms with van der Waals surface area (Å²) in [6, 6.07) is 24.5. The quantitative estimate of drug-likeness (QED) is 0.173. The Morgan fingerprint density at radius 3 is 2.14 bits per heavy atom. The summed E-state index contributed by atoms with van der Waals surface area (Å²) in [6.45, 7) is 0.199. The highest BCUT2D eigenvalue weighted by Crippen LogP contribution is 2.29. The van der Waals surface area contributed by atoms with Crippen molar-refractivity contribution in [3.63, 3.8) is 0 Å². The number of benzene rings is 4. The van der Waals surface area contributed by atoms with Crippen LogP contribution in [0.3, 0.4) is 0 Å². The number of rotatable bonds is 11. The number of nitrogens with one attached hydrogen (secondary N) is 2. The molecule has 0 radical (unpaired) electrons. The number of para-hydroxylation sites is 1. The first-order chi connectivity index (χ1) is 20.8. The minimum atomic E-state index is -1.02. The fourth-order valence-electron chi connectivity index (χ4n) is 5.12. The zero-order chi connectivity index (χ0) is 30.3. The number of aromatic nitrogens is 1. The number of carbonyl (C=O) groups is 3. The average Bonchev–Trinajstić information content (AvgIpc) is 3.42. The molecule has 0 saturated heterocycles. The molecule has 3 N–H and O–H groups in total. The number of hydrogen-bond acceptors (Lipinski definition) is 3. The maximum Gasteiger partial charge on any atom is 0.305 e. The van der Waals surface area contributed by atoms with Crippen molar-refractivity contribution in [3.05, 3.63) is 131 Å². The largest absolute Gasteiger partial charge is 0.481 e. The molecule has 0 atom stereocenters. The van der Waals surface area contributed by atoms with E-state index in [2.05, 4.69) is 10.3 Å².